The maximum atomic E-state index is 12.3. The summed E-state index contributed by atoms with van der Waals surface area (Å²) in [4.78, 5) is 14.3. The van der Waals surface area contributed by atoms with E-state index in [0.29, 0.717) is 0 Å². The van der Waals surface area contributed by atoms with E-state index in [9.17, 15) is 13.6 Å². The molecule has 0 N–H and O–H groups in total. The zero-order chi connectivity index (χ0) is 11.6. The highest BCUT2D eigenvalue weighted by Gasteiger charge is 2.18. The van der Waals surface area contributed by atoms with Gasteiger partial charge in [0, 0.05) is 0 Å². The third-order valence-corrected chi connectivity index (χ3v) is 2.81. The molecular weight excluding hydrogens is 340 g/mol. The van der Waals surface area contributed by atoms with Gasteiger partial charge in [0.15, 0.2) is 5.69 Å². The van der Waals surface area contributed by atoms with Crippen LogP contribution in [0.3, 0.4) is 0 Å². The van der Waals surface area contributed by atoms with Crippen LogP contribution in [0.2, 0.25) is 0 Å². The summed E-state index contributed by atoms with van der Waals surface area (Å²) in [5, 5.41) is 7.73. The van der Waals surface area contributed by atoms with Gasteiger partial charge in [-0.05, 0) is 40.3 Å². The number of carbonyl (C=O) groups is 1. The Morgan fingerprint density at radius 3 is 2.67 bits per heavy atom. The van der Waals surface area contributed by atoms with Crippen molar-refractivity contribution in [3.8, 4) is 6.07 Å². The van der Waals surface area contributed by atoms with Gasteiger partial charge in [-0.15, -0.1) is 0 Å². The van der Waals surface area contributed by atoms with E-state index < -0.39 is 17.4 Å². The average molecular weight is 342 g/mol. The number of nitriles is 1. The summed E-state index contributed by atoms with van der Waals surface area (Å²) in [6, 6.07) is 2.51. The molecule has 1 aromatic heterocycles. The number of rotatable bonds is 2. The molecular formula is C8H2ClF2IN2O. The monoisotopic (exact) mass is 342 g/mol. The second-order valence-electron chi connectivity index (χ2n) is 2.44. The summed E-state index contributed by atoms with van der Waals surface area (Å²) in [6.45, 7) is 0. The molecule has 0 aliphatic carbocycles. The summed E-state index contributed by atoms with van der Waals surface area (Å²) in [5.41, 5.74) is -0.979. The lowest BCUT2D eigenvalue weighted by Gasteiger charge is -2.04. The van der Waals surface area contributed by atoms with Crippen LogP contribution in [-0.4, -0.2) is 10.2 Å². The molecule has 1 heterocycles. The van der Waals surface area contributed by atoms with Crippen molar-refractivity contribution in [2.45, 2.75) is 6.43 Å². The van der Waals surface area contributed by atoms with Crippen LogP contribution in [0, 0.1) is 14.9 Å². The van der Waals surface area contributed by atoms with Gasteiger partial charge in [0.1, 0.15) is 11.8 Å². The molecule has 0 saturated heterocycles. The van der Waals surface area contributed by atoms with Crippen molar-refractivity contribution in [2.75, 3.05) is 0 Å². The van der Waals surface area contributed by atoms with Crippen molar-refractivity contribution in [2.24, 2.45) is 0 Å². The number of nitrogens with zero attached hydrogens (tertiary/aromatic N) is 2. The molecule has 0 aliphatic rings. The number of carbonyl (C=O) groups excluding carboxylic acids is 1. The molecule has 0 atom stereocenters. The van der Waals surface area contributed by atoms with Crippen molar-refractivity contribution >= 4 is 39.4 Å². The van der Waals surface area contributed by atoms with Gasteiger partial charge in [0.25, 0.3) is 11.7 Å². The number of hydrogen-bond donors (Lipinski definition) is 0. The summed E-state index contributed by atoms with van der Waals surface area (Å²) < 4.78 is 24.8. The molecule has 78 valence electrons. The first-order valence-corrected chi connectivity index (χ1v) is 5.01. The largest absolute Gasteiger partial charge is 0.280 e. The Bertz CT molecular complexity index is 459. The lowest BCUT2D eigenvalue weighted by molar-refractivity contribution is 0.107. The predicted molar refractivity (Wildman–Crippen MR) is 56.8 cm³/mol. The summed E-state index contributed by atoms with van der Waals surface area (Å²) in [6.07, 6.45) is -2.84. The molecule has 0 fully saturated rings. The summed E-state index contributed by atoms with van der Waals surface area (Å²) in [5.74, 6) is 0. The van der Waals surface area contributed by atoms with Gasteiger partial charge in [0.05, 0.1) is 9.13 Å². The van der Waals surface area contributed by atoms with Gasteiger partial charge in [-0.1, -0.05) is 0 Å². The molecule has 0 amide bonds. The van der Waals surface area contributed by atoms with Gasteiger partial charge in [-0.3, -0.25) is 4.79 Å². The van der Waals surface area contributed by atoms with E-state index in [1.54, 1.807) is 28.7 Å². The maximum absolute atomic E-state index is 12.3. The third kappa shape index (κ3) is 2.60. The Morgan fingerprint density at radius 2 is 2.27 bits per heavy atom. The van der Waals surface area contributed by atoms with Crippen LogP contribution in [0.1, 0.15) is 28.2 Å². The van der Waals surface area contributed by atoms with Gasteiger partial charge >= 0.3 is 0 Å². The quantitative estimate of drug-likeness (QED) is 0.613. The molecule has 3 nitrogen and oxygen atoms in total. The van der Waals surface area contributed by atoms with Gasteiger partial charge < -0.3 is 0 Å². The Hall–Kier alpha value is -0.810. The SMILES string of the molecule is N#Cc1nc(C(F)F)cc(C(=O)Cl)c1I. The molecule has 7 heteroatoms. The van der Waals surface area contributed by atoms with E-state index in [0.717, 1.165) is 6.07 Å². The molecule has 0 spiro atoms. The maximum Gasteiger partial charge on any atom is 0.280 e. The zero-order valence-corrected chi connectivity index (χ0v) is 9.88. The topological polar surface area (TPSA) is 53.8 Å². The molecule has 0 aromatic carbocycles. The fourth-order valence-corrected chi connectivity index (χ4v) is 1.83. The highest BCUT2D eigenvalue weighted by Crippen LogP contribution is 2.24. The van der Waals surface area contributed by atoms with Crippen molar-refractivity contribution in [1.29, 1.82) is 5.26 Å². The van der Waals surface area contributed by atoms with E-state index in [4.69, 9.17) is 16.9 Å². The van der Waals surface area contributed by atoms with Crippen LogP contribution in [0.25, 0.3) is 0 Å². The Kier molecular flexibility index (Phi) is 3.93. The van der Waals surface area contributed by atoms with Crippen molar-refractivity contribution < 1.29 is 13.6 Å². The number of alkyl halides is 2. The van der Waals surface area contributed by atoms with Gasteiger partial charge in [-0.25, -0.2) is 13.8 Å². The summed E-state index contributed by atoms with van der Waals surface area (Å²) in [7, 11) is 0. The van der Waals surface area contributed by atoms with Crippen molar-refractivity contribution in [3.63, 3.8) is 0 Å². The fraction of sp³-hybridized carbons (Fsp3) is 0.125. The van der Waals surface area contributed by atoms with E-state index >= 15 is 0 Å². The third-order valence-electron chi connectivity index (χ3n) is 1.52. The Labute approximate surface area is 102 Å². The normalized spacial score (nSPS) is 10.1. The molecule has 15 heavy (non-hydrogen) atoms. The smallest absolute Gasteiger partial charge is 0.276 e. The summed E-state index contributed by atoms with van der Waals surface area (Å²) >= 11 is 6.85. The van der Waals surface area contributed by atoms with Gasteiger partial charge in [-0.2, -0.15) is 5.26 Å². The Balaban J connectivity index is 3.47. The second-order valence-corrected chi connectivity index (χ2v) is 3.87. The Morgan fingerprint density at radius 1 is 1.67 bits per heavy atom. The number of aromatic nitrogens is 1. The molecule has 0 unspecified atom stereocenters. The molecule has 1 rings (SSSR count). The first kappa shape index (κ1) is 12.3. The van der Waals surface area contributed by atoms with Crippen LogP contribution in [0.15, 0.2) is 6.07 Å². The van der Waals surface area contributed by atoms with Crippen LogP contribution in [0.5, 0.6) is 0 Å². The minimum Gasteiger partial charge on any atom is -0.276 e. The minimum absolute atomic E-state index is 0.126. The van der Waals surface area contributed by atoms with Crippen molar-refractivity contribution in [3.05, 3.63) is 26.6 Å². The average Bonchev–Trinajstić information content (AvgIpc) is 2.17. The predicted octanol–water partition coefficient (Wildman–Crippen LogP) is 2.87. The highest BCUT2D eigenvalue weighted by atomic mass is 127. The molecule has 1 aromatic rings. The molecule has 0 saturated carbocycles. The highest BCUT2D eigenvalue weighted by molar-refractivity contribution is 14.1. The lowest BCUT2D eigenvalue weighted by atomic mass is 10.2. The van der Waals surface area contributed by atoms with Gasteiger partial charge in [0.2, 0.25) is 0 Å². The number of halogens is 4. The fourth-order valence-electron chi connectivity index (χ4n) is 0.878. The molecule has 0 bridgehead atoms. The molecule has 0 radical (unpaired) electrons. The minimum atomic E-state index is -2.84. The standard InChI is InChI=1S/C8H2ClF2IN2O/c9-7(15)3-1-4(8(10)11)14-5(2-13)6(3)12/h1,8H. The van der Waals surface area contributed by atoms with E-state index in [2.05, 4.69) is 4.98 Å². The first-order chi connectivity index (χ1) is 6.97. The number of hydrogen-bond acceptors (Lipinski definition) is 3. The van der Waals surface area contributed by atoms with E-state index in [1.807, 2.05) is 0 Å². The van der Waals surface area contributed by atoms with Crippen LogP contribution < -0.4 is 0 Å². The molecule has 0 aliphatic heterocycles. The van der Waals surface area contributed by atoms with Crippen LogP contribution in [-0.2, 0) is 0 Å². The van der Waals surface area contributed by atoms with E-state index in [1.165, 1.54) is 0 Å². The lowest BCUT2D eigenvalue weighted by Crippen LogP contribution is -2.03. The first-order valence-electron chi connectivity index (χ1n) is 3.56. The van der Waals surface area contributed by atoms with Crippen LogP contribution >= 0.6 is 34.2 Å². The van der Waals surface area contributed by atoms with Crippen molar-refractivity contribution in [1.82, 2.24) is 4.98 Å². The second kappa shape index (κ2) is 4.81. The number of pyridine rings is 1. The van der Waals surface area contributed by atoms with Crippen LogP contribution in [0.4, 0.5) is 8.78 Å². The van der Waals surface area contributed by atoms with E-state index in [-0.39, 0.29) is 14.8 Å². The zero-order valence-electron chi connectivity index (χ0n) is 6.97.